The molecule has 1 saturated heterocycles. The summed E-state index contributed by atoms with van der Waals surface area (Å²) in [7, 11) is 0. The summed E-state index contributed by atoms with van der Waals surface area (Å²) < 4.78 is 0. The maximum absolute atomic E-state index is 6.26. The fourth-order valence-corrected chi connectivity index (χ4v) is 4.73. The van der Waals surface area contributed by atoms with Gasteiger partial charge in [-0.05, 0) is 30.5 Å². The first-order valence-electron chi connectivity index (χ1n) is 8.69. The lowest BCUT2D eigenvalue weighted by atomic mass is 10.0. The van der Waals surface area contributed by atoms with Crippen LogP contribution in [0, 0.1) is 6.92 Å². The Labute approximate surface area is 156 Å². The molecule has 25 heavy (non-hydrogen) atoms. The third-order valence-corrected chi connectivity index (χ3v) is 6.05. The van der Waals surface area contributed by atoms with Crippen LogP contribution in [0.2, 0.25) is 5.28 Å². The summed E-state index contributed by atoms with van der Waals surface area (Å²) in [5.41, 5.74) is 3.77. The van der Waals surface area contributed by atoms with Crippen LogP contribution < -0.4 is 10.2 Å². The molecule has 1 aromatic carbocycles. The van der Waals surface area contributed by atoms with Crippen LogP contribution in [0.3, 0.4) is 0 Å². The summed E-state index contributed by atoms with van der Waals surface area (Å²) in [5.74, 6) is 0.975. The van der Waals surface area contributed by atoms with Gasteiger partial charge < -0.3 is 10.2 Å². The van der Waals surface area contributed by atoms with E-state index in [-0.39, 0.29) is 0 Å². The highest BCUT2D eigenvalue weighted by Gasteiger charge is 2.23. The van der Waals surface area contributed by atoms with E-state index >= 15 is 0 Å². The van der Waals surface area contributed by atoms with Crippen molar-refractivity contribution in [2.75, 3.05) is 31.1 Å². The van der Waals surface area contributed by atoms with E-state index in [1.165, 1.54) is 21.6 Å². The molecule has 0 spiro atoms. The van der Waals surface area contributed by atoms with E-state index in [4.69, 9.17) is 11.6 Å². The Morgan fingerprint density at radius 3 is 2.56 bits per heavy atom. The van der Waals surface area contributed by atoms with Gasteiger partial charge in [0.15, 0.2) is 0 Å². The molecule has 0 unspecified atom stereocenters. The molecule has 0 radical (unpaired) electrons. The van der Waals surface area contributed by atoms with Crippen molar-refractivity contribution >= 4 is 39.0 Å². The van der Waals surface area contributed by atoms with Crippen molar-refractivity contribution in [2.45, 2.75) is 20.3 Å². The first-order chi connectivity index (χ1) is 12.2. The first kappa shape index (κ1) is 16.8. The van der Waals surface area contributed by atoms with Crippen molar-refractivity contribution in [3.05, 3.63) is 40.0 Å². The van der Waals surface area contributed by atoms with Gasteiger partial charge in [0, 0.05) is 36.6 Å². The molecule has 6 heteroatoms. The second-order valence-electron chi connectivity index (χ2n) is 6.35. The summed E-state index contributed by atoms with van der Waals surface area (Å²) in [5, 5.41) is 4.88. The Balaban J connectivity index is 1.98. The second-order valence-corrected chi connectivity index (χ2v) is 7.77. The largest absolute Gasteiger partial charge is 0.353 e. The van der Waals surface area contributed by atoms with Crippen molar-refractivity contribution < 1.29 is 0 Å². The van der Waals surface area contributed by atoms with E-state index in [0.717, 1.165) is 48.6 Å². The number of aromatic nitrogens is 2. The molecule has 0 amide bonds. The number of nitrogens with zero attached hydrogens (tertiary/aromatic N) is 3. The van der Waals surface area contributed by atoms with Gasteiger partial charge in [-0.25, -0.2) is 4.98 Å². The molecular weight excluding hydrogens is 352 g/mol. The van der Waals surface area contributed by atoms with Gasteiger partial charge in [-0.1, -0.05) is 36.8 Å². The van der Waals surface area contributed by atoms with Gasteiger partial charge in [0.2, 0.25) is 5.28 Å². The predicted octanol–water partition coefficient (Wildman–Crippen LogP) is 4.29. The lowest BCUT2D eigenvalue weighted by molar-refractivity contribution is 0.586. The molecule has 3 aromatic rings. The number of thiophene rings is 1. The summed E-state index contributed by atoms with van der Waals surface area (Å²) in [6.07, 6.45) is 0.975. The van der Waals surface area contributed by atoms with Crippen LogP contribution in [0.1, 0.15) is 17.4 Å². The molecular formula is C19H21ClN4S. The monoisotopic (exact) mass is 372 g/mol. The van der Waals surface area contributed by atoms with Crippen LogP contribution in [0.25, 0.3) is 21.3 Å². The smallest absolute Gasteiger partial charge is 0.225 e. The molecule has 1 aliphatic heterocycles. The number of rotatable bonds is 3. The zero-order valence-corrected chi connectivity index (χ0v) is 16.0. The molecule has 0 bridgehead atoms. The lowest BCUT2D eigenvalue weighted by Gasteiger charge is -2.29. The summed E-state index contributed by atoms with van der Waals surface area (Å²) in [4.78, 5) is 13.8. The van der Waals surface area contributed by atoms with Crippen molar-refractivity contribution in [3.8, 4) is 11.1 Å². The molecule has 4 rings (SSSR count). The highest BCUT2D eigenvalue weighted by molar-refractivity contribution is 7.19. The maximum Gasteiger partial charge on any atom is 0.225 e. The SMILES string of the molecule is CCc1sc2nc(Cl)nc(N3CCNCC3)c2c1-c1ccc(C)cc1. The lowest BCUT2D eigenvalue weighted by Crippen LogP contribution is -2.44. The number of piperazine rings is 1. The van der Waals surface area contributed by atoms with E-state index in [1.54, 1.807) is 11.3 Å². The number of nitrogens with one attached hydrogen (secondary N) is 1. The van der Waals surface area contributed by atoms with Crippen LogP contribution >= 0.6 is 22.9 Å². The van der Waals surface area contributed by atoms with Gasteiger partial charge in [0.05, 0.1) is 5.39 Å². The molecule has 0 atom stereocenters. The van der Waals surface area contributed by atoms with Crippen molar-refractivity contribution in [1.29, 1.82) is 0 Å². The van der Waals surface area contributed by atoms with Crippen LogP contribution in [-0.4, -0.2) is 36.1 Å². The van der Waals surface area contributed by atoms with Gasteiger partial charge in [-0.2, -0.15) is 4.98 Å². The van der Waals surface area contributed by atoms with Crippen molar-refractivity contribution in [1.82, 2.24) is 15.3 Å². The van der Waals surface area contributed by atoms with Gasteiger partial charge >= 0.3 is 0 Å². The van der Waals surface area contributed by atoms with E-state index in [0.29, 0.717) is 5.28 Å². The van der Waals surface area contributed by atoms with Crippen molar-refractivity contribution in [3.63, 3.8) is 0 Å². The molecule has 3 heterocycles. The summed E-state index contributed by atoms with van der Waals surface area (Å²) >= 11 is 7.99. The normalized spacial score (nSPS) is 15.1. The number of aryl methyl sites for hydroxylation is 2. The molecule has 1 aliphatic rings. The molecule has 2 aromatic heterocycles. The molecule has 0 aliphatic carbocycles. The molecule has 0 saturated carbocycles. The minimum Gasteiger partial charge on any atom is -0.353 e. The Morgan fingerprint density at radius 1 is 1.16 bits per heavy atom. The molecule has 1 N–H and O–H groups in total. The summed E-state index contributed by atoms with van der Waals surface area (Å²) in [6.45, 7) is 8.12. The fraction of sp³-hybridized carbons (Fsp3) is 0.368. The quantitative estimate of drug-likeness (QED) is 0.696. The highest BCUT2D eigenvalue weighted by Crippen LogP contribution is 2.43. The summed E-state index contributed by atoms with van der Waals surface area (Å²) in [6, 6.07) is 8.73. The van der Waals surface area contributed by atoms with E-state index in [2.05, 4.69) is 58.3 Å². The second kappa shape index (κ2) is 6.90. The zero-order valence-electron chi connectivity index (χ0n) is 14.5. The van der Waals surface area contributed by atoms with Gasteiger partial charge in [0.25, 0.3) is 0 Å². The minimum absolute atomic E-state index is 0.334. The van der Waals surface area contributed by atoms with Gasteiger partial charge in [0.1, 0.15) is 10.6 Å². The van der Waals surface area contributed by atoms with Crippen molar-refractivity contribution in [2.24, 2.45) is 0 Å². The number of hydrogen-bond donors (Lipinski definition) is 1. The van der Waals surface area contributed by atoms with Crippen LogP contribution in [-0.2, 0) is 6.42 Å². The predicted molar refractivity (Wildman–Crippen MR) is 107 cm³/mol. The maximum atomic E-state index is 6.26. The first-order valence-corrected chi connectivity index (χ1v) is 9.88. The number of benzene rings is 1. The number of fused-ring (bicyclic) bond motifs is 1. The Bertz CT molecular complexity index is 898. The molecule has 1 fully saturated rings. The zero-order chi connectivity index (χ0) is 17.4. The minimum atomic E-state index is 0.334. The topological polar surface area (TPSA) is 41.1 Å². The van der Waals surface area contributed by atoms with E-state index in [9.17, 15) is 0 Å². The fourth-order valence-electron chi connectivity index (χ4n) is 3.38. The van der Waals surface area contributed by atoms with Crippen LogP contribution in [0.15, 0.2) is 24.3 Å². The highest BCUT2D eigenvalue weighted by atomic mass is 35.5. The average Bonchev–Trinajstić information content (AvgIpc) is 3.00. The standard InChI is InChI=1S/C19H21ClN4S/c1-3-14-15(13-6-4-12(2)5-7-13)16-17(24-10-8-21-9-11-24)22-19(20)23-18(16)25-14/h4-7,21H,3,8-11H2,1-2H3. The molecule has 4 nitrogen and oxygen atoms in total. The number of halogens is 1. The Hall–Kier alpha value is -1.69. The Morgan fingerprint density at radius 2 is 1.88 bits per heavy atom. The number of anilines is 1. The third kappa shape index (κ3) is 3.12. The average molecular weight is 373 g/mol. The molecule has 130 valence electrons. The van der Waals surface area contributed by atoms with E-state index < -0.39 is 0 Å². The van der Waals surface area contributed by atoms with Gasteiger partial charge in [-0.3, -0.25) is 0 Å². The van der Waals surface area contributed by atoms with Crippen LogP contribution in [0.5, 0.6) is 0 Å². The van der Waals surface area contributed by atoms with E-state index in [1.807, 2.05) is 0 Å². The number of hydrogen-bond acceptors (Lipinski definition) is 5. The van der Waals surface area contributed by atoms with Crippen LogP contribution in [0.4, 0.5) is 5.82 Å². The van der Waals surface area contributed by atoms with Gasteiger partial charge in [-0.15, -0.1) is 11.3 Å². The third-order valence-electron chi connectivity index (χ3n) is 4.66. The Kier molecular flexibility index (Phi) is 4.63.